The number of halogens is 1. The van der Waals surface area contributed by atoms with Gasteiger partial charge in [-0.15, -0.1) is 11.3 Å². The van der Waals surface area contributed by atoms with Crippen LogP contribution in [0.3, 0.4) is 0 Å². The van der Waals surface area contributed by atoms with Crippen LogP contribution in [0.1, 0.15) is 10.7 Å². The van der Waals surface area contributed by atoms with E-state index in [0.29, 0.717) is 34.0 Å². The van der Waals surface area contributed by atoms with E-state index in [1.54, 1.807) is 17.8 Å². The Hall–Kier alpha value is -2.98. The molecule has 4 heterocycles. The van der Waals surface area contributed by atoms with Crippen LogP contribution >= 0.6 is 22.9 Å². The molecule has 11 heteroatoms. The second-order valence-corrected chi connectivity index (χ2v) is 7.46. The molecular weight excluding hydrogens is 388 g/mol. The minimum Gasteiger partial charge on any atom is -0.402 e. The number of aromatic amines is 1. The fourth-order valence-corrected chi connectivity index (χ4v) is 4.21. The highest BCUT2D eigenvalue weighted by Crippen LogP contribution is 2.31. The van der Waals surface area contributed by atoms with Gasteiger partial charge in [-0.2, -0.15) is 10.2 Å². The summed E-state index contributed by atoms with van der Waals surface area (Å²) >= 11 is 7.51. The SMILES string of the molecule is Cn1c2nc(CC(N)=CC=N)sc2c2cnn(Cc3[nH]ncc3Cl)c(=O)c21. The fourth-order valence-electron chi connectivity index (χ4n) is 2.92. The van der Waals surface area contributed by atoms with Crippen molar-refractivity contribution in [2.24, 2.45) is 12.8 Å². The van der Waals surface area contributed by atoms with E-state index in [9.17, 15) is 4.79 Å². The van der Waals surface area contributed by atoms with Crippen LogP contribution in [0.15, 0.2) is 29.0 Å². The van der Waals surface area contributed by atoms with Crippen molar-refractivity contribution in [3.63, 3.8) is 0 Å². The fraction of sp³-hybridized carbons (Fsp3) is 0.188. The number of nitrogens with two attached hydrogens (primary N) is 1. The molecule has 4 aromatic rings. The quantitative estimate of drug-likeness (QED) is 0.438. The third-order valence-corrected chi connectivity index (χ3v) is 5.60. The molecule has 4 rings (SSSR count). The average molecular weight is 403 g/mol. The molecular formula is C16H15ClN8OS. The van der Waals surface area contributed by atoms with Gasteiger partial charge >= 0.3 is 0 Å². The van der Waals surface area contributed by atoms with Crippen molar-refractivity contribution in [2.45, 2.75) is 13.0 Å². The number of hydrogen-bond donors (Lipinski definition) is 3. The number of nitrogens with one attached hydrogen (secondary N) is 2. The van der Waals surface area contributed by atoms with Crippen molar-refractivity contribution in [1.82, 2.24) is 29.5 Å². The summed E-state index contributed by atoms with van der Waals surface area (Å²) < 4.78 is 4.01. The zero-order valence-electron chi connectivity index (χ0n) is 14.2. The van der Waals surface area contributed by atoms with Gasteiger partial charge in [-0.25, -0.2) is 9.67 Å². The molecule has 27 heavy (non-hydrogen) atoms. The number of rotatable bonds is 5. The predicted molar refractivity (Wildman–Crippen MR) is 106 cm³/mol. The highest BCUT2D eigenvalue weighted by Gasteiger charge is 2.19. The topological polar surface area (TPSA) is 131 Å². The highest BCUT2D eigenvalue weighted by atomic mass is 35.5. The van der Waals surface area contributed by atoms with E-state index in [2.05, 4.69) is 20.3 Å². The van der Waals surface area contributed by atoms with Crippen LogP contribution in [0.2, 0.25) is 5.02 Å². The van der Waals surface area contributed by atoms with Gasteiger partial charge in [0.2, 0.25) is 0 Å². The lowest BCUT2D eigenvalue weighted by Crippen LogP contribution is -2.24. The van der Waals surface area contributed by atoms with Crippen LogP contribution < -0.4 is 11.3 Å². The Morgan fingerprint density at radius 3 is 3.00 bits per heavy atom. The van der Waals surface area contributed by atoms with E-state index in [1.165, 1.54) is 28.3 Å². The molecule has 0 amide bonds. The molecule has 0 saturated heterocycles. The number of fused-ring (bicyclic) bond motifs is 3. The number of H-pyrrole nitrogens is 1. The summed E-state index contributed by atoms with van der Waals surface area (Å²) in [6.45, 7) is 0.204. The van der Waals surface area contributed by atoms with Crippen LogP contribution in [0, 0.1) is 5.41 Å². The highest BCUT2D eigenvalue weighted by molar-refractivity contribution is 7.19. The molecule has 9 nitrogen and oxygen atoms in total. The Bertz CT molecular complexity index is 1260. The average Bonchev–Trinajstić information content (AvgIpc) is 3.28. The van der Waals surface area contributed by atoms with E-state index >= 15 is 0 Å². The molecule has 0 saturated carbocycles. The molecule has 0 bridgehead atoms. The Balaban J connectivity index is 1.81. The van der Waals surface area contributed by atoms with Gasteiger partial charge in [0.15, 0.2) is 5.65 Å². The first-order valence-electron chi connectivity index (χ1n) is 7.96. The van der Waals surface area contributed by atoms with Crippen molar-refractivity contribution in [1.29, 1.82) is 5.41 Å². The summed E-state index contributed by atoms with van der Waals surface area (Å²) in [6, 6.07) is 0. The Morgan fingerprint density at radius 1 is 1.48 bits per heavy atom. The van der Waals surface area contributed by atoms with Crippen LogP contribution in [-0.2, 0) is 20.0 Å². The number of aryl methyl sites for hydroxylation is 1. The van der Waals surface area contributed by atoms with Gasteiger partial charge in [-0.05, 0) is 6.08 Å². The largest absolute Gasteiger partial charge is 0.402 e. The number of allylic oxidation sites excluding steroid dienone is 2. The second-order valence-electron chi connectivity index (χ2n) is 5.97. The maximum absolute atomic E-state index is 12.9. The first kappa shape index (κ1) is 17.4. The molecule has 0 aromatic carbocycles. The zero-order chi connectivity index (χ0) is 19.1. The summed E-state index contributed by atoms with van der Waals surface area (Å²) in [5.41, 5.74) is 8.06. The molecule has 0 radical (unpaired) electrons. The van der Waals surface area contributed by atoms with Gasteiger partial charge < -0.3 is 15.7 Å². The molecule has 0 aliphatic carbocycles. The summed E-state index contributed by atoms with van der Waals surface area (Å²) in [4.78, 5) is 17.5. The van der Waals surface area contributed by atoms with Gasteiger partial charge in [0.05, 0.1) is 34.4 Å². The van der Waals surface area contributed by atoms with Gasteiger partial charge in [0.1, 0.15) is 10.5 Å². The molecule has 4 aromatic heterocycles. The monoisotopic (exact) mass is 402 g/mol. The molecule has 0 aliphatic rings. The third kappa shape index (κ3) is 2.92. The lowest BCUT2D eigenvalue weighted by molar-refractivity contribution is 0.631. The zero-order valence-corrected chi connectivity index (χ0v) is 15.8. The predicted octanol–water partition coefficient (Wildman–Crippen LogP) is 1.80. The van der Waals surface area contributed by atoms with Gasteiger partial charge in [-0.3, -0.25) is 9.89 Å². The normalized spacial score (nSPS) is 12.3. The molecule has 0 unspecified atom stereocenters. The van der Waals surface area contributed by atoms with Gasteiger partial charge in [0.25, 0.3) is 5.56 Å². The van der Waals surface area contributed by atoms with Crippen LogP contribution in [0.5, 0.6) is 0 Å². The van der Waals surface area contributed by atoms with Crippen LogP contribution in [0.4, 0.5) is 0 Å². The van der Waals surface area contributed by atoms with Crippen LogP contribution in [0.25, 0.3) is 21.3 Å². The lowest BCUT2D eigenvalue weighted by Gasteiger charge is -2.04. The van der Waals surface area contributed by atoms with Gasteiger partial charge in [0, 0.05) is 30.8 Å². The number of nitrogens with zero attached hydrogens (tertiary/aromatic N) is 5. The standard InChI is InChI=1S/C16H15ClN8OS/c1-24-13-9(14-15(24)22-12(27-14)4-8(19)2-3-18)5-21-25(16(13)26)7-11-10(17)6-20-23-11/h2-3,5-6,18H,4,7,19H2,1H3,(H,20,23). The molecule has 0 fully saturated rings. The van der Waals surface area contributed by atoms with E-state index in [1.807, 2.05) is 0 Å². The van der Waals surface area contributed by atoms with Crippen LogP contribution in [-0.4, -0.2) is 35.7 Å². The van der Waals surface area contributed by atoms with Crippen molar-refractivity contribution >= 4 is 50.4 Å². The van der Waals surface area contributed by atoms with Gasteiger partial charge in [-0.1, -0.05) is 11.6 Å². The first-order valence-corrected chi connectivity index (χ1v) is 9.15. The smallest absolute Gasteiger partial charge is 0.291 e. The number of thiazole rings is 1. The second kappa shape index (κ2) is 6.63. The summed E-state index contributed by atoms with van der Waals surface area (Å²) in [5.74, 6) is 0. The lowest BCUT2D eigenvalue weighted by atomic mass is 10.3. The summed E-state index contributed by atoms with van der Waals surface area (Å²) in [5, 5.41) is 20.0. The number of aromatic nitrogens is 6. The van der Waals surface area contributed by atoms with Crippen molar-refractivity contribution in [3.8, 4) is 0 Å². The van der Waals surface area contributed by atoms with E-state index in [-0.39, 0.29) is 12.1 Å². The summed E-state index contributed by atoms with van der Waals surface area (Å²) in [6.07, 6.45) is 6.30. The molecule has 0 atom stereocenters. The first-order chi connectivity index (χ1) is 13.0. The molecule has 4 N–H and O–H groups in total. The van der Waals surface area contributed by atoms with Crippen molar-refractivity contribution < 1.29 is 0 Å². The third-order valence-electron chi connectivity index (χ3n) is 4.20. The molecule has 0 spiro atoms. The van der Waals surface area contributed by atoms with E-state index in [4.69, 9.17) is 22.7 Å². The minimum absolute atomic E-state index is 0.204. The van der Waals surface area contributed by atoms with Crippen molar-refractivity contribution in [3.05, 3.63) is 50.2 Å². The molecule has 0 aliphatic heterocycles. The summed E-state index contributed by atoms with van der Waals surface area (Å²) in [7, 11) is 1.81. The van der Waals surface area contributed by atoms with E-state index < -0.39 is 0 Å². The Kier molecular flexibility index (Phi) is 4.28. The maximum atomic E-state index is 12.9. The number of hydrogen-bond acceptors (Lipinski definition) is 7. The Morgan fingerprint density at radius 2 is 2.30 bits per heavy atom. The van der Waals surface area contributed by atoms with Crippen molar-refractivity contribution in [2.75, 3.05) is 0 Å². The Labute approximate surface area is 161 Å². The molecule has 138 valence electrons. The minimum atomic E-state index is -0.226. The maximum Gasteiger partial charge on any atom is 0.291 e. The van der Waals surface area contributed by atoms with E-state index in [0.717, 1.165) is 21.3 Å².